The van der Waals surface area contributed by atoms with Crippen LogP contribution in [-0.2, 0) is 33.4 Å². The molecule has 9 heteroatoms. The lowest BCUT2D eigenvalue weighted by Crippen LogP contribution is -2.16. The van der Waals surface area contributed by atoms with Gasteiger partial charge in [-0.05, 0) is 32.6 Å². The average Bonchev–Trinajstić information content (AvgIpc) is 3.05. The molecule has 0 aromatic heterocycles. The standard InChI is InChI=1S/C26H38O9/c1-18-19(26(33)35-24(18)31)15-13-11-9-7-5-3-4-6-8-10-12-14-16-20(23(29)30)21(17-22(27)28)25(32)34-2/h3-17H2,1-2H3,(H,27,28)(H,29,30)/b21-20+. The number of carbonyl (C=O) groups is 5. The number of ether oxygens (including phenoxy) is 2. The number of unbranched alkanes of at least 4 members (excludes halogenated alkanes) is 11. The van der Waals surface area contributed by atoms with E-state index in [0.29, 0.717) is 24.0 Å². The summed E-state index contributed by atoms with van der Waals surface area (Å²) in [6.45, 7) is 1.64. The van der Waals surface area contributed by atoms with Gasteiger partial charge < -0.3 is 19.7 Å². The van der Waals surface area contributed by atoms with Gasteiger partial charge in [0.2, 0.25) is 0 Å². The number of carboxylic acid groups (broad SMARTS) is 2. The maximum absolute atomic E-state index is 11.8. The fourth-order valence-electron chi connectivity index (χ4n) is 4.12. The molecule has 0 unspecified atom stereocenters. The first-order valence-corrected chi connectivity index (χ1v) is 12.4. The Bertz CT molecular complexity index is 836. The Morgan fingerprint density at radius 2 is 1.23 bits per heavy atom. The molecule has 0 aromatic rings. The molecule has 0 fully saturated rings. The van der Waals surface area contributed by atoms with E-state index in [-0.39, 0.29) is 17.6 Å². The molecule has 1 rings (SSSR count). The van der Waals surface area contributed by atoms with Crippen LogP contribution < -0.4 is 0 Å². The van der Waals surface area contributed by atoms with Crippen LogP contribution in [0, 0.1) is 0 Å². The van der Waals surface area contributed by atoms with Gasteiger partial charge in [-0.3, -0.25) is 4.79 Å². The van der Waals surface area contributed by atoms with Gasteiger partial charge in [0.15, 0.2) is 0 Å². The minimum absolute atomic E-state index is 0.140. The minimum Gasteiger partial charge on any atom is -0.481 e. The fraction of sp³-hybridized carbons (Fsp3) is 0.654. The lowest BCUT2D eigenvalue weighted by Gasteiger charge is -2.09. The molecule has 2 N–H and O–H groups in total. The largest absolute Gasteiger partial charge is 0.481 e. The van der Waals surface area contributed by atoms with Crippen LogP contribution in [0.4, 0.5) is 0 Å². The van der Waals surface area contributed by atoms with Crippen LogP contribution in [0.3, 0.4) is 0 Å². The molecule has 0 saturated carbocycles. The number of esters is 3. The Morgan fingerprint density at radius 3 is 1.63 bits per heavy atom. The summed E-state index contributed by atoms with van der Waals surface area (Å²) in [5.41, 5.74) is 0.492. The summed E-state index contributed by atoms with van der Waals surface area (Å²) < 4.78 is 9.13. The average molecular weight is 495 g/mol. The zero-order valence-electron chi connectivity index (χ0n) is 20.9. The number of aliphatic carboxylic acids is 2. The van der Waals surface area contributed by atoms with Crippen molar-refractivity contribution in [2.24, 2.45) is 0 Å². The first-order chi connectivity index (χ1) is 16.7. The molecule has 0 amide bonds. The molecule has 9 nitrogen and oxygen atoms in total. The molecule has 0 aliphatic carbocycles. The summed E-state index contributed by atoms with van der Waals surface area (Å²) in [4.78, 5) is 57.1. The van der Waals surface area contributed by atoms with Gasteiger partial charge in [0.1, 0.15) is 0 Å². The summed E-state index contributed by atoms with van der Waals surface area (Å²) in [5, 5.41) is 18.3. The maximum atomic E-state index is 11.8. The first kappa shape index (κ1) is 30.1. The molecule has 0 radical (unpaired) electrons. The highest BCUT2D eigenvalue weighted by Gasteiger charge is 2.29. The van der Waals surface area contributed by atoms with Gasteiger partial charge in [0.25, 0.3) is 0 Å². The van der Waals surface area contributed by atoms with Crippen molar-refractivity contribution in [3.05, 3.63) is 22.3 Å². The number of carbonyl (C=O) groups excluding carboxylic acids is 3. The maximum Gasteiger partial charge on any atom is 0.342 e. The monoisotopic (exact) mass is 494 g/mol. The Balaban J connectivity index is 2.10. The predicted molar refractivity (Wildman–Crippen MR) is 127 cm³/mol. The zero-order chi connectivity index (χ0) is 26.2. The molecule has 35 heavy (non-hydrogen) atoms. The summed E-state index contributed by atoms with van der Waals surface area (Å²) in [6, 6.07) is 0. The van der Waals surface area contributed by atoms with Gasteiger partial charge in [-0.1, -0.05) is 64.2 Å². The highest BCUT2D eigenvalue weighted by molar-refractivity contribution is 6.12. The van der Waals surface area contributed by atoms with Gasteiger partial charge >= 0.3 is 29.8 Å². The Morgan fingerprint density at radius 1 is 0.743 bits per heavy atom. The van der Waals surface area contributed by atoms with Crippen LogP contribution >= 0.6 is 0 Å². The number of hydrogen-bond acceptors (Lipinski definition) is 7. The number of hydrogen-bond donors (Lipinski definition) is 2. The second-order valence-corrected chi connectivity index (χ2v) is 8.85. The lowest BCUT2D eigenvalue weighted by molar-refractivity contribution is -0.151. The summed E-state index contributed by atoms with van der Waals surface area (Å²) in [7, 11) is 1.10. The van der Waals surface area contributed by atoms with E-state index in [0.717, 1.165) is 77.7 Å². The molecule has 0 spiro atoms. The van der Waals surface area contributed by atoms with E-state index in [1.807, 2.05) is 0 Å². The van der Waals surface area contributed by atoms with Crippen LogP contribution in [0.5, 0.6) is 0 Å². The number of rotatable bonds is 19. The van der Waals surface area contributed by atoms with E-state index in [9.17, 15) is 29.1 Å². The molecular formula is C26H38O9. The second-order valence-electron chi connectivity index (χ2n) is 8.85. The molecule has 1 heterocycles. The predicted octanol–water partition coefficient (Wildman–Crippen LogP) is 4.88. The minimum atomic E-state index is -1.28. The zero-order valence-corrected chi connectivity index (χ0v) is 20.9. The fourth-order valence-corrected chi connectivity index (χ4v) is 4.12. The van der Waals surface area contributed by atoms with Gasteiger partial charge in [-0.15, -0.1) is 0 Å². The van der Waals surface area contributed by atoms with E-state index in [1.54, 1.807) is 6.92 Å². The first-order valence-electron chi connectivity index (χ1n) is 12.4. The third kappa shape index (κ3) is 11.3. The van der Waals surface area contributed by atoms with E-state index in [1.165, 1.54) is 0 Å². The second kappa shape index (κ2) is 16.6. The summed E-state index contributed by atoms with van der Waals surface area (Å²) >= 11 is 0. The third-order valence-electron chi connectivity index (χ3n) is 6.18. The van der Waals surface area contributed by atoms with Crippen molar-refractivity contribution < 1.29 is 43.7 Å². The van der Waals surface area contributed by atoms with Crippen molar-refractivity contribution in [3.63, 3.8) is 0 Å². The van der Waals surface area contributed by atoms with Crippen molar-refractivity contribution in [1.82, 2.24) is 0 Å². The van der Waals surface area contributed by atoms with Crippen LogP contribution in [0.2, 0.25) is 0 Å². The number of carboxylic acids is 2. The smallest absolute Gasteiger partial charge is 0.342 e. The van der Waals surface area contributed by atoms with E-state index < -0.39 is 36.3 Å². The molecular weight excluding hydrogens is 456 g/mol. The van der Waals surface area contributed by atoms with Crippen molar-refractivity contribution in [2.75, 3.05) is 7.11 Å². The van der Waals surface area contributed by atoms with Crippen LogP contribution in [0.1, 0.15) is 103 Å². The van der Waals surface area contributed by atoms with Gasteiger partial charge in [-0.25, -0.2) is 19.2 Å². The summed E-state index contributed by atoms with van der Waals surface area (Å²) in [5.74, 6) is -4.47. The van der Waals surface area contributed by atoms with Gasteiger partial charge in [0.05, 0.1) is 19.1 Å². The molecule has 0 atom stereocenters. The Kier molecular flexibility index (Phi) is 14.3. The molecule has 0 bridgehead atoms. The topological polar surface area (TPSA) is 144 Å². The van der Waals surface area contributed by atoms with Crippen molar-refractivity contribution >= 4 is 29.8 Å². The molecule has 0 saturated heterocycles. The molecule has 1 aliphatic rings. The van der Waals surface area contributed by atoms with Crippen LogP contribution in [-0.4, -0.2) is 47.2 Å². The lowest BCUT2D eigenvalue weighted by atomic mass is 9.98. The van der Waals surface area contributed by atoms with Crippen LogP contribution in [0.25, 0.3) is 0 Å². The number of methoxy groups -OCH3 is 1. The normalized spacial score (nSPS) is 14.1. The quantitative estimate of drug-likeness (QED) is 0.111. The van der Waals surface area contributed by atoms with E-state index in [4.69, 9.17) is 5.11 Å². The molecule has 196 valence electrons. The van der Waals surface area contributed by atoms with E-state index >= 15 is 0 Å². The number of cyclic esters (lactones) is 2. The van der Waals surface area contributed by atoms with E-state index in [2.05, 4.69) is 9.47 Å². The highest BCUT2D eigenvalue weighted by atomic mass is 16.6. The SMILES string of the molecule is COC(=O)/C(CC(=O)O)=C(\CCCCCCCCCCCCCCC1=C(C)C(=O)OC1=O)C(=O)O. The van der Waals surface area contributed by atoms with Crippen molar-refractivity contribution in [3.8, 4) is 0 Å². The van der Waals surface area contributed by atoms with Crippen molar-refractivity contribution in [2.45, 2.75) is 103 Å². The van der Waals surface area contributed by atoms with Crippen LogP contribution in [0.15, 0.2) is 22.3 Å². The third-order valence-corrected chi connectivity index (χ3v) is 6.18. The molecule has 1 aliphatic heterocycles. The summed E-state index contributed by atoms with van der Waals surface area (Å²) in [6.07, 6.45) is 12.2. The highest BCUT2D eigenvalue weighted by Crippen LogP contribution is 2.23. The molecule has 0 aromatic carbocycles. The van der Waals surface area contributed by atoms with Gasteiger partial charge in [-0.2, -0.15) is 0 Å². The Labute approximate surface area is 206 Å². The van der Waals surface area contributed by atoms with Gasteiger partial charge in [0, 0.05) is 16.7 Å². The Hall–Kier alpha value is -2.97. The van der Waals surface area contributed by atoms with Crippen molar-refractivity contribution in [1.29, 1.82) is 0 Å².